The van der Waals surface area contributed by atoms with Crippen LogP contribution in [-0.2, 0) is 0 Å². The molecule has 0 spiro atoms. The summed E-state index contributed by atoms with van der Waals surface area (Å²) in [6.45, 7) is 1.49. The van der Waals surface area contributed by atoms with Gasteiger partial charge in [0.15, 0.2) is 0 Å². The average molecular weight is 178 g/mol. The van der Waals surface area contributed by atoms with E-state index in [9.17, 15) is 10.1 Å². The van der Waals surface area contributed by atoms with Gasteiger partial charge in [0.1, 0.15) is 0 Å². The Hall–Kier alpha value is -1.71. The van der Waals surface area contributed by atoms with Gasteiger partial charge in [0.05, 0.1) is 11.9 Å². The van der Waals surface area contributed by atoms with Gasteiger partial charge in [0.25, 0.3) is 0 Å². The maximum absolute atomic E-state index is 10.2. The maximum atomic E-state index is 10.2. The fourth-order valence-corrected chi connectivity index (χ4v) is 0.762. The molecule has 68 valence electrons. The lowest BCUT2D eigenvalue weighted by Crippen LogP contribution is -2.15. The largest absolute Gasteiger partial charge is 0.264 e. The quantitative estimate of drug-likeness (QED) is 0.404. The molecule has 1 aromatic rings. The van der Waals surface area contributed by atoms with Crippen molar-refractivity contribution in [2.45, 2.75) is 13.0 Å². The fraction of sp³-hybridized carbons (Fsp3) is 0.222. The third kappa shape index (κ3) is 3.02. The number of aliphatic imine (C=N–C) groups is 1. The Balaban J connectivity index is 2.64. The van der Waals surface area contributed by atoms with E-state index in [1.807, 2.05) is 18.2 Å². The zero-order chi connectivity index (χ0) is 9.68. The molecule has 0 aliphatic carbocycles. The molecule has 1 aromatic carbocycles. The molecule has 0 fully saturated rings. The van der Waals surface area contributed by atoms with Gasteiger partial charge in [0, 0.05) is 11.8 Å². The molecule has 0 radical (unpaired) electrons. The van der Waals surface area contributed by atoms with Crippen molar-refractivity contribution in [1.29, 1.82) is 0 Å². The van der Waals surface area contributed by atoms with E-state index >= 15 is 0 Å². The van der Waals surface area contributed by atoms with Crippen LogP contribution in [0.4, 0.5) is 5.69 Å². The van der Waals surface area contributed by atoms with Crippen LogP contribution in [0.2, 0.25) is 0 Å². The van der Waals surface area contributed by atoms with Crippen molar-refractivity contribution >= 4 is 11.9 Å². The minimum Gasteiger partial charge on any atom is -0.264 e. The van der Waals surface area contributed by atoms with Gasteiger partial charge in [-0.15, -0.1) is 0 Å². The Morgan fingerprint density at radius 1 is 1.46 bits per heavy atom. The summed E-state index contributed by atoms with van der Waals surface area (Å²) in [5.41, 5.74) is 0.733. The molecular formula is C9H10N2O2. The summed E-state index contributed by atoms with van der Waals surface area (Å²) in [5, 5.41) is 10.2. The summed E-state index contributed by atoms with van der Waals surface area (Å²) in [7, 11) is 0. The normalized spacial score (nSPS) is 13.0. The van der Waals surface area contributed by atoms with Crippen LogP contribution in [0.5, 0.6) is 0 Å². The highest BCUT2D eigenvalue weighted by Crippen LogP contribution is 2.08. The zero-order valence-electron chi connectivity index (χ0n) is 7.25. The molecule has 0 saturated carbocycles. The molecule has 4 heteroatoms. The first-order chi connectivity index (χ1) is 6.20. The number of nitro groups is 1. The molecule has 0 heterocycles. The van der Waals surface area contributed by atoms with E-state index in [4.69, 9.17) is 0 Å². The van der Waals surface area contributed by atoms with Crippen LogP contribution in [0.15, 0.2) is 35.3 Å². The second-order valence-corrected chi connectivity index (χ2v) is 2.64. The summed E-state index contributed by atoms with van der Waals surface area (Å²) >= 11 is 0. The lowest BCUT2D eigenvalue weighted by molar-refractivity contribution is -0.497. The first-order valence-electron chi connectivity index (χ1n) is 3.93. The number of hydrogen-bond acceptors (Lipinski definition) is 3. The third-order valence-corrected chi connectivity index (χ3v) is 1.53. The van der Waals surface area contributed by atoms with Crippen LogP contribution in [0, 0.1) is 10.1 Å². The Morgan fingerprint density at radius 2 is 2.08 bits per heavy atom. The van der Waals surface area contributed by atoms with Gasteiger partial charge in [-0.3, -0.25) is 15.1 Å². The summed E-state index contributed by atoms with van der Waals surface area (Å²) in [6, 6.07) is 8.40. The van der Waals surface area contributed by atoms with Crippen LogP contribution in [0.1, 0.15) is 6.92 Å². The maximum Gasteiger partial charge on any atom is 0.245 e. The van der Waals surface area contributed by atoms with E-state index in [1.54, 1.807) is 12.1 Å². The molecule has 1 rings (SSSR count). The topological polar surface area (TPSA) is 55.5 Å². The Kier molecular flexibility index (Phi) is 3.14. The third-order valence-electron chi connectivity index (χ3n) is 1.53. The van der Waals surface area contributed by atoms with Crippen molar-refractivity contribution < 1.29 is 4.92 Å². The van der Waals surface area contributed by atoms with Gasteiger partial charge in [-0.1, -0.05) is 18.2 Å². The van der Waals surface area contributed by atoms with Crippen molar-refractivity contribution in [2.24, 2.45) is 4.99 Å². The molecule has 0 bridgehead atoms. The number of benzene rings is 1. The van der Waals surface area contributed by atoms with E-state index in [0.717, 1.165) is 5.69 Å². The van der Waals surface area contributed by atoms with E-state index in [-0.39, 0.29) is 4.92 Å². The molecule has 0 amide bonds. The summed E-state index contributed by atoms with van der Waals surface area (Å²) in [4.78, 5) is 13.8. The van der Waals surface area contributed by atoms with E-state index in [1.165, 1.54) is 13.1 Å². The molecule has 0 N–H and O–H groups in total. The molecular weight excluding hydrogens is 168 g/mol. The van der Waals surface area contributed by atoms with Crippen LogP contribution >= 0.6 is 0 Å². The predicted octanol–water partition coefficient (Wildman–Crippen LogP) is 2.05. The first-order valence-corrected chi connectivity index (χ1v) is 3.93. The SMILES string of the molecule is CC(C=Nc1ccccc1)[N+](=O)[O-]. The highest BCUT2D eigenvalue weighted by molar-refractivity contribution is 5.66. The van der Waals surface area contributed by atoms with Crippen LogP contribution in [0.25, 0.3) is 0 Å². The first kappa shape index (κ1) is 9.38. The second-order valence-electron chi connectivity index (χ2n) is 2.64. The van der Waals surface area contributed by atoms with Crippen molar-refractivity contribution in [3.63, 3.8) is 0 Å². The predicted molar refractivity (Wildman–Crippen MR) is 51.1 cm³/mol. The molecule has 1 atom stereocenters. The summed E-state index contributed by atoms with van der Waals surface area (Å²) < 4.78 is 0. The van der Waals surface area contributed by atoms with Crippen LogP contribution in [-0.4, -0.2) is 17.2 Å². The second kappa shape index (κ2) is 4.35. The van der Waals surface area contributed by atoms with Crippen molar-refractivity contribution in [2.75, 3.05) is 0 Å². The highest BCUT2D eigenvalue weighted by Gasteiger charge is 2.07. The van der Waals surface area contributed by atoms with Crippen molar-refractivity contribution in [3.05, 3.63) is 40.4 Å². The molecule has 0 aliphatic rings. The Morgan fingerprint density at radius 3 is 2.62 bits per heavy atom. The van der Waals surface area contributed by atoms with Crippen molar-refractivity contribution in [3.8, 4) is 0 Å². The number of para-hydroxylation sites is 1. The van der Waals surface area contributed by atoms with Gasteiger partial charge in [-0.05, 0) is 12.1 Å². The summed E-state index contributed by atoms with van der Waals surface area (Å²) in [6.07, 6.45) is 1.33. The minimum atomic E-state index is -0.736. The van der Waals surface area contributed by atoms with Gasteiger partial charge < -0.3 is 0 Å². The summed E-state index contributed by atoms with van der Waals surface area (Å²) in [5.74, 6) is 0. The van der Waals surface area contributed by atoms with E-state index in [0.29, 0.717) is 0 Å². The lowest BCUT2D eigenvalue weighted by atomic mass is 10.3. The van der Waals surface area contributed by atoms with Gasteiger partial charge in [0.2, 0.25) is 6.04 Å². The van der Waals surface area contributed by atoms with Crippen LogP contribution in [0.3, 0.4) is 0 Å². The highest BCUT2D eigenvalue weighted by atomic mass is 16.6. The standard InChI is InChI=1S/C9H10N2O2/c1-8(11(12)13)7-10-9-5-3-2-4-6-9/h2-8H,1H3. The van der Waals surface area contributed by atoms with Crippen molar-refractivity contribution in [1.82, 2.24) is 0 Å². The van der Waals surface area contributed by atoms with Gasteiger partial charge in [-0.2, -0.15) is 0 Å². The van der Waals surface area contributed by atoms with E-state index < -0.39 is 6.04 Å². The number of rotatable bonds is 3. The minimum absolute atomic E-state index is 0.383. The molecule has 4 nitrogen and oxygen atoms in total. The number of hydrogen-bond donors (Lipinski definition) is 0. The smallest absolute Gasteiger partial charge is 0.245 e. The Bertz CT molecular complexity index is 309. The molecule has 13 heavy (non-hydrogen) atoms. The monoisotopic (exact) mass is 178 g/mol. The Labute approximate surface area is 76.1 Å². The van der Waals surface area contributed by atoms with E-state index in [2.05, 4.69) is 4.99 Å². The molecule has 0 saturated heterocycles. The number of nitrogens with zero attached hydrogens (tertiary/aromatic N) is 2. The lowest BCUT2D eigenvalue weighted by Gasteiger charge is -1.95. The fourth-order valence-electron chi connectivity index (χ4n) is 0.762. The molecule has 0 aliphatic heterocycles. The molecule has 0 aromatic heterocycles. The van der Waals surface area contributed by atoms with Crippen LogP contribution < -0.4 is 0 Å². The van der Waals surface area contributed by atoms with Gasteiger partial charge in [-0.25, -0.2) is 0 Å². The average Bonchev–Trinajstić information content (AvgIpc) is 2.15. The zero-order valence-corrected chi connectivity index (χ0v) is 7.25. The molecule has 1 unspecified atom stereocenters. The van der Waals surface area contributed by atoms with Gasteiger partial charge >= 0.3 is 0 Å².